The lowest BCUT2D eigenvalue weighted by Gasteiger charge is -2.11. The van der Waals surface area contributed by atoms with Gasteiger partial charge in [0, 0.05) is 29.6 Å². The van der Waals surface area contributed by atoms with Gasteiger partial charge >= 0.3 is 5.97 Å². The summed E-state index contributed by atoms with van der Waals surface area (Å²) < 4.78 is 0. The molecule has 1 saturated heterocycles. The summed E-state index contributed by atoms with van der Waals surface area (Å²) in [6, 6.07) is 17.1. The first kappa shape index (κ1) is 18.5. The smallest absolute Gasteiger partial charge is 0.352 e. The maximum absolute atomic E-state index is 11.2. The van der Waals surface area contributed by atoms with Crippen LogP contribution in [0.1, 0.15) is 23.3 Å². The second kappa shape index (κ2) is 7.72. The van der Waals surface area contributed by atoms with Gasteiger partial charge in [-0.2, -0.15) is 0 Å². The molecule has 0 amide bonds. The van der Waals surface area contributed by atoms with E-state index in [0.717, 1.165) is 45.4 Å². The molecule has 1 fully saturated rings. The van der Waals surface area contributed by atoms with Crippen LogP contribution in [-0.2, 0) is 0 Å². The van der Waals surface area contributed by atoms with Gasteiger partial charge < -0.3 is 15.0 Å². The molecule has 30 heavy (non-hydrogen) atoms. The number of anilines is 1. The zero-order valence-electron chi connectivity index (χ0n) is 16.1. The predicted octanol–water partition coefficient (Wildman–Crippen LogP) is 6.01. The Morgan fingerprint density at radius 1 is 1.07 bits per heavy atom. The molecular formula is C22H19N5O2S. The van der Waals surface area contributed by atoms with Gasteiger partial charge in [-0.15, -0.1) is 10.2 Å². The van der Waals surface area contributed by atoms with Crippen LogP contribution in [0.15, 0.2) is 64.8 Å². The van der Waals surface area contributed by atoms with Crippen LogP contribution >= 0.6 is 11.3 Å². The standard InChI is InChI=1S/C22H19N5O2S/c28-21(29)18-13-15-12-16(8-9-17(15)23-18)25-26-20-19(14-6-2-1-3-7-14)24-22(30-20)27-10-4-5-11-27/h1-3,6-9,12-13,23H,4-5,10-11H2,(H,28,29)/b26-25+. The molecule has 5 rings (SSSR count). The maximum Gasteiger partial charge on any atom is 0.352 e. The Labute approximate surface area is 176 Å². The van der Waals surface area contributed by atoms with E-state index in [2.05, 4.69) is 20.1 Å². The van der Waals surface area contributed by atoms with Crippen LogP contribution in [0.5, 0.6) is 0 Å². The predicted molar refractivity (Wildman–Crippen MR) is 118 cm³/mol. The van der Waals surface area contributed by atoms with Crippen molar-refractivity contribution in [3.8, 4) is 11.3 Å². The summed E-state index contributed by atoms with van der Waals surface area (Å²) in [4.78, 5) is 21.2. The highest BCUT2D eigenvalue weighted by Gasteiger charge is 2.20. The number of aromatic carboxylic acids is 1. The fourth-order valence-electron chi connectivity index (χ4n) is 3.60. The first-order valence-electron chi connectivity index (χ1n) is 9.76. The maximum atomic E-state index is 11.2. The quantitative estimate of drug-likeness (QED) is 0.389. The third-order valence-corrected chi connectivity index (χ3v) is 6.11. The van der Waals surface area contributed by atoms with E-state index in [0.29, 0.717) is 5.69 Å². The average molecular weight is 417 g/mol. The molecule has 3 heterocycles. The fourth-order valence-corrected chi connectivity index (χ4v) is 4.56. The third kappa shape index (κ3) is 3.57. The van der Waals surface area contributed by atoms with Crippen LogP contribution in [0.2, 0.25) is 0 Å². The first-order valence-corrected chi connectivity index (χ1v) is 10.6. The fraction of sp³-hybridized carbons (Fsp3) is 0.182. The van der Waals surface area contributed by atoms with Crippen molar-refractivity contribution < 1.29 is 9.90 Å². The van der Waals surface area contributed by atoms with E-state index in [4.69, 9.17) is 10.1 Å². The van der Waals surface area contributed by atoms with Gasteiger partial charge in [-0.25, -0.2) is 9.78 Å². The van der Waals surface area contributed by atoms with E-state index in [9.17, 15) is 4.79 Å². The minimum Gasteiger partial charge on any atom is -0.477 e. The normalized spacial score (nSPS) is 14.2. The van der Waals surface area contributed by atoms with E-state index in [-0.39, 0.29) is 5.69 Å². The number of carboxylic acids is 1. The minimum absolute atomic E-state index is 0.156. The Balaban J connectivity index is 1.50. The van der Waals surface area contributed by atoms with Crippen molar-refractivity contribution in [2.45, 2.75) is 12.8 Å². The molecule has 0 radical (unpaired) electrons. The van der Waals surface area contributed by atoms with Crippen LogP contribution < -0.4 is 4.90 Å². The summed E-state index contributed by atoms with van der Waals surface area (Å²) in [6.45, 7) is 2.04. The zero-order valence-corrected chi connectivity index (χ0v) is 16.9. The molecule has 0 spiro atoms. The van der Waals surface area contributed by atoms with Gasteiger partial charge in [0.15, 0.2) is 10.1 Å². The number of H-pyrrole nitrogens is 1. The molecular weight excluding hydrogens is 398 g/mol. The van der Waals surface area contributed by atoms with Gasteiger partial charge in [-0.05, 0) is 37.1 Å². The van der Waals surface area contributed by atoms with Gasteiger partial charge in [0.1, 0.15) is 11.4 Å². The van der Waals surface area contributed by atoms with Crippen LogP contribution in [-0.4, -0.2) is 34.1 Å². The Hall–Kier alpha value is -3.52. The van der Waals surface area contributed by atoms with E-state index in [1.54, 1.807) is 17.4 Å². The number of nitrogens with one attached hydrogen (secondary N) is 1. The van der Waals surface area contributed by atoms with Gasteiger partial charge in [0.05, 0.1) is 5.69 Å². The highest BCUT2D eigenvalue weighted by atomic mass is 32.1. The summed E-state index contributed by atoms with van der Waals surface area (Å²) in [5, 5.41) is 20.6. The number of thiazole rings is 1. The number of rotatable bonds is 5. The molecule has 0 saturated carbocycles. The number of carboxylic acid groups (broad SMARTS) is 1. The molecule has 0 atom stereocenters. The molecule has 2 N–H and O–H groups in total. The van der Waals surface area contributed by atoms with E-state index in [1.165, 1.54) is 12.8 Å². The van der Waals surface area contributed by atoms with E-state index < -0.39 is 5.97 Å². The van der Waals surface area contributed by atoms with Gasteiger partial charge in [-0.3, -0.25) is 0 Å². The molecule has 0 aliphatic carbocycles. The van der Waals surface area contributed by atoms with Crippen molar-refractivity contribution in [3.63, 3.8) is 0 Å². The third-order valence-electron chi connectivity index (χ3n) is 5.11. The number of aromatic amines is 1. The van der Waals surface area contributed by atoms with Gasteiger partial charge in [0.25, 0.3) is 0 Å². The average Bonchev–Trinajstić information content (AvgIpc) is 3.51. The molecule has 4 aromatic rings. The van der Waals surface area contributed by atoms with Crippen LogP contribution in [0.3, 0.4) is 0 Å². The van der Waals surface area contributed by atoms with Crippen molar-refractivity contribution in [2.75, 3.05) is 18.0 Å². The number of fused-ring (bicyclic) bond motifs is 1. The van der Waals surface area contributed by atoms with Gasteiger partial charge in [0.2, 0.25) is 0 Å². The van der Waals surface area contributed by atoms with Crippen molar-refractivity contribution in [3.05, 3.63) is 60.3 Å². The molecule has 2 aromatic carbocycles. The molecule has 150 valence electrons. The Kier molecular flexibility index (Phi) is 4.76. The van der Waals surface area contributed by atoms with Crippen molar-refractivity contribution in [2.24, 2.45) is 10.2 Å². The highest BCUT2D eigenvalue weighted by Crippen LogP contribution is 2.41. The van der Waals surface area contributed by atoms with Crippen molar-refractivity contribution >= 4 is 44.0 Å². The molecule has 0 unspecified atom stereocenters. The van der Waals surface area contributed by atoms with Crippen molar-refractivity contribution in [1.29, 1.82) is 0 Å². The van der Waals surface area contributed by atoms with Crippen molar-refractivity contribution in [1.82, 2.24) is 9.97 Å². The molecule has 7 nitrogen and oxygen atoms in total. The summed E-state index contributed by atoms with van der Waals surface area (Å²) in [5.41, 5.74) is 3.42. The second-order valence-electron chi connectivity index (χ2n) is 7.17. The summed E-state index contributed by atoms with van der Waals surface area (Å²) in [6.07, 6.45) is 2.37. The molecule has 1 aliphatic heterocycles. The lowest BCUT2D eigenvalue weighted by atomic mass is 10.2. The number of azo groups is 1. The largest absolute Gasteiger partial charge is 0.477 e. The number of hydrogen-bond donors (Lipinski definition) is 2. The first-order chi connectivity index (χ1) is 14.7. The number of aromatic nitrogens is 2. The number of hydrogen-bond acceptors (Lipinski definition) is 6. The SMILES string of the molecule is O=C(O)c1cc2cc(/N=N/c3sc(N4CCCC4)nc3-c3ccccc3)ccc2[nH]1. The second-order valence-corrected chi connectivity index (χ2v) is 8.13. The topological polar surface area (TPSA) is 93.9 Å². The number of carbonyl (C=O) groups is 1. The Bertz CT molecular complexity index is 1240. The summed E-state index contributed by atoms with van der Waals surface area (Å²) in [5.74, 6) is -0.985. The van der Waals surface area contributed by atoms with Gasteiger partial charge in [-0.1, -0.05) is 41.7 Å². The monoisotopic (exact) mass is 417 g/mol. The summed E-state index contributed by atoms with van der Waals surface area (Å²) in [7, 11) is 0. The van der Waals surface area contributed by atoms with E-state index in [1.807, 2.05) is 48.5 Å². The van der Waals surface area contributed by atoms with Crippen LogP contribution in [0.4, 0.5) is 15.8 Å². The lowest BCUT2D eigenvalue weighted by molar-refractivity contribution is 0.0691. The van der Waals surface area contributed by atoms with Crippen LogP contribution in [0.25, 0.3) is 22.2 Å². The highest BCUT2D eigenvalue weighted by molar-refractivity contribution is 7.19. The number of benzene rings is 2. The zero-order chi connectivity index (χ0) is 20.5. The molecule has 2 aromatic heterocycles. The Morgan fingerprint density at radius 3 is 2.63 bits per heavy atom. The number of nitrogens with zero attached hydrogens (tertiary/aromatic N) is 4. The molecule has 1 aliphatic rings. The summed E-state index contributed by atoms with van der Waals surface area (Å²) >= 11 is 1.55. The molecule has 8 heteroatoms. The Morgan fingerprint density at radius 2 is 1.87 bits per heavy atom. The minimum atomic E-state index is -0.985. The van der Waals surface area contributed by atoms with Crippen LogP contribution in [0, 0.1) is 0 Å². The lowest BCUT2D eigenvalue weighted by Crippen LogP contribution is -2.17. The van der Waals surface area contributed by atoms with E-state index >= 15 is 0 Å². The molecule has 0 bridgehead atoms.